The van der Waals surface area contributed by atoms with Gasteiger partial charge in [-0.05, 0) is 37.3 Å². The Morgan fingerprint density at radius 3 is 2.80 bits per heavy atom. The molecule has 2 fully saturated rings. The summed E-state index contributed by atoms with van der Waals surface area (Å²) in [5, 5.41) is 4.10. The molecule has 8 nitrogen and oxygen atoms in total. The third-order valence-electron chi connectivity index (χ3n) is 6.66. The van der Waals surface area contributed by atoms with Gasteiger partial charge in [0, 0.05) is 39.1 Å². The fourth-order valence-electron chi connectivity index (χ4n) is 5.09. The average Bonchev–Trinajstić information content (AvgIpc) is 3.47. The molecule has 1 atom stereocenters. The molecular weight excluding hydrogens is 380 g/mol. The molecule has 1 aliphatic carbocycles. The van der Waals surface area contributed by atoms with Crippen molar-refractivity contribution in [3.8, 4) is 0 Å². The summed E-state index contributed by atoms with van der Waals surface area (Å²) >= 11 is 0. The smallest absolute Gasteiger partial charge is 0.330 e. The maximum atomic E-state index is 13.5. The molecule has 8 heteroatoms. The van der Waals surface area contributed by atoms with E-state index in [1.807, 2.05) is 26.2 Å². The Bertz CT molecular complexity index is 1120. The zero-order chi connectivity index (χ0) is 20.7. The molecule has 3 aromatic rings. The molecule has 30 heavy (non-hydrogen) atoms. The summed E-state index contributed by atoms with van der Waals surface area (Å²) < 4.78 is 5.38. The van der Waals surface area contributed by atoms with Crippen LogP contribution in [0.1, 0.15) is 54.9 Å². The van der Waals surface area contributed by atoms with E-state index in [0.29, 0.717) is 24.6 Å². The van der Waals surface area contributed by atoms with Crippen molar-refractivity contribution in [3.05, 3.63) is 46.8 Å². The van der Waals surface area contributed by atoms with Gasteiger partial charge in [-0.3, -0.25) is 18.6 Å². The summed E-state index contributed by atoms with van der Waals surface area (Å²) in [5.41, 5.74) is 2.24. The van der Waals surface area contributed by atoms with Gasteiger partial charge in [-0.15, -0.1) is 0 Å². The molecule has 0 spiro atoms. The Morgan fingerprint density at radius 2 is 2.03 bits per heavy atom. The van der Waals surface area contributed by atoms with Crippen LogP contribution in [0, 0.1) is 5.92 Å². The number of fused-ring (bicyclic) bond motifs is 1. The number of aromatic nitrogens is 5. The number of aryl methyl sites for hydroxylation is 1. The number of imidazole rings is 1. The van der Waals surface area contributed by atoms with Gasteiger partial charge in [0.05, 0.1) is 23.3 Å². The van der Waals surface area contributed by atoms with E-state index in [9.17, 15) is 9.59 Å². The highest BCUT2D eigenvalue weighted by atomic mass is 16.2. The first-order chi connectivity index (χ1) is 14.6. The second-order valence-electron chi connectivity index (χ2n) is 8.71. The fourth-order valence-corrected chi connectivity index (χ4v) is 5.09. The SMILES string of the molecule is Cn1cc(C(=O)N2CC[C@@H](n3c(=O)n(CC4CCCCC4)c4cccnc43)C2)cn1. The highest BCUT2D eigenvalue weighted by Gasteiger charge is 2.32. The largest absolute Gasteiger partial charge is 0.336 e. The minimum atomic E-state index is -0.0527. The lowest BCUT2D eigenvalue weighted by Gasteiger charge is -2.21. The van der Waals surface area contributed by atoms with Crippen molar-refractivity contribution in [2.75, 3.05) is 13.1 Å². The number of pyridine rings is 1. The van der Waals surface area contributed by atoms with E-state index in [-0.39, 0.29) is 17.6 Å². The minimum absolute atomic E-state index is 0.00921. The Labute approximate surface area is 175 Å². The van der Waals surface area contributed by atoms with Crippen LogP contribution >= 0.6 is 0 Å². The highest BCUT2D eigenvalue weighted by Crippen LogP contribution is 2.28. The van der Waals surface area contributed by atoms with E-state index in [0.717, 1.165) is 24.1 Å². The maximum Gasteiger partial charge on any atom is 0.330 e. The van der Waals surface area contributed by atoms with Gasteiger partial charge in [0.15, 0.2) is 5.65 Å². The summed E-state index contributed by atoms with van der Waals surface area (Å²) in [6, 6.07) is 3.84. The predicted molar refractivity (Wildman–Crippen MR) is 113 cm³/mol. The first-order valence-corrected chi connectivity index (χ1v) is 11.0. The van der Waals surface area contributed by atoms with Gasteiger partial charge >= 0.3 is 5.69 Å². The van der Waals surface area contributed by atoms with Crippen molar-refractivity contribution < 1.29 is 4.79 Å². The first-order valence-electron chi connectivity index (χ1n) is 11.0. The molecule has 0 N–H and O–H groups in total. The zero-order valence-electron chi connectivity index (χ0n) is 17.4. The van der Waals surface area contributed by atoms with Gasteiger partial charge in [0.2, 0.25) is 0 Å². The number of carbonyl (C=O) groups excluding carboxylic acids is 1. The first kappa shape index (κ1) is 19.1. The molecule has 0 aromatic carbocycles. The summed E-state index contributed by atoms with van der Waals surface area (Å²) in [4.78, 5) is 32.7. The quantitative estimate of drug-likeness (QED) is 0.665. The Balaban J connectivity index is 1.44. The molecule has 3 aromatic heterocycles. The molecule has 1 saturated heterocycles. The van der Waals surface area contributed by atoms with E-state index in [1.165, 1.54) is 32.1 Å². The van der Waals surface area contributed by atoms with Gasteiger partial charge in [0.1, 0.15) is 0 Å². The second-order valence-corrected chi connectivity index (χ2v) is 8.71. The average molecular weight is 409 g/mol. The lowest BCUT2D eigenvalue weighted by molar-refractivity contribution is 0.0787. The van der Waals surface area contributed by atoms with Crippen LogP contribution in [0.2, 0.25) is 0 Å². The van der Waals surface area contributed by atoms with Gasteiger partial charge in [-0.2, -0.15) is 5.10 Å². The van der Waals surface area contributed by atoms with Crippen molar-refractivity contribution in [1.82, 2.24) is 28.8 Å². The number of amides is 1. The lowest BCUT2D eigenvalue weighted by atomic mass is 9.89. The molecule has 158 valence electrons. The third-order valence-corrected chi connectivity index (χ3v) is 6.66. The van der Waals surface area contributed by atoms with E-state index in [2.05, 4.69) is 10.1 Å². The fraction of sp³-hybridized carbons (Fsp3) is 0.545. The van der Waals surface area contributed by atoms with E-state index in [4.69, 9.17) is 0 Å². The van der Waals surface area contributed by atoms with Gasteiger partial charge in [-0.25, -0.2) is 9.78 Å². The summed E-state index contributed by atoms with van der Waals surface area (Å²) in [7, 11) is 1.80. The Hall–Kier alpha value is -2.90. The Kier molecular flexibility index (Phi) is 4.92. The van der Waals surface area contributed by atoms with E-state index >= 15 is 0 Å². The lowest BCUT2D eigenvalue weighted by Crippen LogP contribution is -2.33. The summed E-state index contributed by atoms with van der Waals surface area (Å²) in [6.07, 6.45) is 12.0. The van der Waals surface area contributed by atoms with Crippen LogP contribution < -0.4 is 5.69 Å². The maximum absolute atomic E-state index is 13.5. The molecule has 0 bridgehead atoms. The van der Waals surface area contributed by atoms with Crippen molar-refractivity contribution in [2.45, 2.75) is 51.1 Å². The van der Waals surface area contributed by atoms with Gasteiger partial charge in [-0.1, -0.05) is 19.3 Å². The highest BCUT2D eigenvalue weighted by molar-refractivity contribution is 5.94. The number of nitrogens with zero attached hydrogens (tertiary/aromatic N) is 6. The van der Waals surface area contributed by atoms with Crippen LogP contribution in [0.25, 0.3) is 11.2 Å². The minimum Gasteiger partial charge on any atom is -0.336 e. The number of carbonyl (C=O) groups is 1. The third kappa shape index (κ3) is 3.34. The van der Waals surface area contributed by atoms with Crippen LogP contribution in [0.4, 0.5) is 0 Å². The van der Waals surface area contributed by atoms with E-state index in [1.54, 1.807) is 30.3 Å². The van der Waals surface area contributed by atoms with Crippen LogP contribution in [-0.2, 0) is 13.6 Å². The predicted octanol–water partition coefficient (Wildman–Crippen LogP) is 2.60. The van der Waals surface area contributed by atoms with Gasteiger partial charge < -0.3 is 4.90 Å². The summed E-state index contributed by atoms with van der Waals surface area (Å²) in [6.45, 7) is 1.92. The number of rotatable bonds is 4. The normalized spacial score (nSPS) is 20.3. The Morgan fingerprint density at radius 1 is 1.20 bits per heavy atom. The van der Waals surface area contributed by atoms with Crippen molar-refractivity contribution >= 4 is 17.1 Å². The molecule has 1 saturated carbocycles. The summed E-state index contributed by atoms with van der Waals surface area (Å²) in [5.74, 6) is 0.528. The molecule has 4 heterocycles. The van der Waals surface area contributed by atoms with Crippen LogP contribution in [0.3, 0.4) is 0 Å². The zero-order valence-corrected chi connectivity index (χ0v) is 17.4. The number of hydrogen-bond acceptors (Lipinski definition) is 4. The molecule has 0 radical (unpaired) electrons. The van der Waals surface area contributed by atoms with Crippen molar-refractivity contribution in [1.29, 1.82) is 0 Å². The molecule has 0 unspecified atom stereocenters. The number of hydrogen-bond donors (Lipinski definition) is 0. The van der Waals surface area contributed by atoms with Crippen LogP contribution in [-0.4, -0.2) is 47.8 Å². The van der Waals surface area contributed by atoms with Crippen molar-refractivity contribution in [2.24, 2.45) is 13.0 Å². The molecule has 1 aliphatic heterocycles. The van der Waals surface area contributed by atoms with E-state index < -0.39 is 0 Å². The topological polar surface area (TPSA) is 78.0 Å². The molecule has 2 aliphatic rings. The molecular formula is C22H28N6O2. The standard InChI is InChI=1S/C22H28N6O2/c1-25-14-17(12-24-25)21(29)26-11-9-18(15-26)28-20-19(8-5-10-23-20)27(22(28)30)13-16-6-3-2-4-7-16/h5,8,10,12,14,16,18H,2-4,6-7,9,11,13,15H2,1H3/t18-/m1/s1. The van der Waals surface area contributed by atoms with Crippen LogP contribution in [0.15, 0.2) is 35.5 Å². The van der Waals surface area contributed by atoms with Gasteiger partial charge in [0.25, 0.3) is 5.91 Å². The van der Waals surface area contributed by atoms with Crippen LogP contribution in [0.5, 0.6) is 0 Å². The second kappa shape index (κ2) is 7.74. The molecule has 5 rings (SSSR count). The number of likely N-dealkylation sites (tertiary alicyclic amines) is 1. The van der Waals surface area contributed by atoms with Crippen molar-refractivity contribution in [3.63, 3.8) is 0 Å². The molecule has 1 amide bonds. The monoisotopic (exact) mass is 408 g/mol.